The fourth-order valence-electron chi connectivity index (χ4n) is 8.34. The largest absolute Gasteiger partial charge is 0.352 e. The molecule has 3 N–H and O–H groups in total. The van der Waals surface area contributed by atoms with E-state index in [9.17, 15) is 19.6 Å². The highest BCUT2D eigenvalue weighted by atomic mass is 16.2. The van der Waals surface area contributed by atoms with Crippen molar-refractivity contribution in [3.05, 3.63) is 23.3 Å². The smallest absolute Gasteiger partial charge is 0.312 e. The number of allylic oxidation sites excluding steroid dienone is 4. The second kappa shape index (κ2) is 9.96. The summed E-state index contributed by atoms with van der Waals surface area (Å²) in [4.78, 5) is 37.7. The minimum atomic E-state index is -0.556. The van der Waals surface area contributed by atoms with E-state index in [0.717, 1.165) is 50.5 Å². The van der Waals surface area contributed by atoms with Gasteiger partial charge in [-0.2, -0.15) is 5.26 Å². The van der Waals surface area contributed by atoms with Crippen LogP contribution < -0.4 is 11.1 Å². The number of hydrogen-bond acceptors (Lipinski definition) is 4. The van der Waals surface area contributed by atoms with E-state index < -0.39 is 11.4 Å². The van der Waals surface area contributed by atoms with E-state index in [2.05, 4.69) is 59.9 Å². The molecule has 2 saturated carbocycles. The van der Waals surface area contributed by atoms with Gasteiger partial charge in [-0.3, -0.25) is 9.59 Å². The minimum Gasteiger partial charge on any atom is -0.352 e. The summed E-state index contributed by atoms with van der Waals surface area (Å²) in [6, 6.07) is 1.66. The van der Waals surface area contributed by atoms with E-state index in [0.29, 0.717) is 0 Å². The number of hydrogen-bond donors (Lipinski definition) is 2. The summed E-state index contributed by atoms with van der Waals surface area (Å²) < 4.78 is 0. The van der Waals surface area contributed by atoms with Gasteiger partial charge in [0, 0.05) is 16.9 Å². The molecule has 0 saturated heterocycles. The zero-order chi connectivity index (χ0) is 28.9. The van der Waals surface area contributed by atoms with Gasteiger partial charge in [-0.1, -0.05) is 67.0 Å². The first-order valence-corrected chi connectivity index (χ1v) is 14.3. The van der Waals surface area contributed by atoms with Gasteiger partial charge in [0.2, 0.25) is 0 Å². The predicted molar refractivity (Wildman–Crippen MR) is 151 cm³/mol. The third-order valence-corrected chi connectivity index (χ3v) is 11.2. The minimum absolute atomic E-state index is 0.0182. The number of nitrogens with zero attached hydrogens (tertiary/aromatic N) is 1. The van der Waals surface area contributed by atoms with Crippen LogP contribution in [0.25, 0.3) is 0 Å². The Kier molecular flexibility index (Phi) is 7.89. The molecule has 210 valence electrons. The highest BCUT2D eigenvalue weighted by Gasteiger charge is 2.58. The number of nitriles is 1. The standard InChI is InChI=1S/C32H49N3O3/c1-20-17-28(4,5)12-14-32(20,35-27(34)38)15-13-29(6,7)31(9)11-10-24-22(3)26(37)23(19-33)18-30(24,8)25(31)16-21(2)36/h16,18,20,22,24H,10-15,17H2,1-9H3,(H3,34,35,38)/b25-16-/t20?,22-,24-,30-,31+,32-/m0/s1. The van der Waals surface area contributed by atoms with Crippen LogP contribution in [-0.2, 0) is 9.59 Å². The van der Waals surface area contributed by atoms with Crippen LogP contribution in [0.15, 0.2) is 23.3 Å². The molecule has 0 radical (unpaired) electrons. The average molecular weight is 524 g/mol. The Morgan fingerprint density at radius 1 is 1.18 bits per heavy atom. The lowest BCUT2D eigenvalue weighted by atomic mass is 9.44. The third-order valence-electron chi connectivity index (χ3n) is 11.2. The van der Waals surface area contributed by atoms with Crippen molar-refractivity contribution in [2.75, 3.05) is 0 Å². The van der Waals surface area contributed by atoms with Crippen LogP contribution in [0.4, 0.5) is 4.79 Å². The van der Waals surface area contributed by atoms with Crippen LogP contribution in [0.3, 0.4) is 0 Å². The molecular formula is C32H49N3O3. The molecule has 0 aromatic carbocycles. The molecule has 0 spiro atoms. The van der Waals surface area contributed by atoms with Crippen molar-refractivity contribution < 1.29 is 14.4 Å². The number of fused-ring (bicyclic) bond motifs is 1. The van der Waals surface area contributed by atoms with Crippen molar-refractivity contribution in [1.82, 2.24) is 5.32 Å². The molecule has 6 nitrogen and oxygen atoms in total. The first-order valence-electron chi connectivity index (χ1n) is 14.3. The molecule has 1 unspecified atom stereocenters. The summed E-state index contributed by atoms with van der Waals surface area (Å²) in [6.45, 7) is 19.2. The van der Waals surface area contributed by atoms with Crippen molar-refractivity contribution in [2.45, 2.75) is 113 Å². The van der Waals surface area contributed by atoms with Gasteiger partial charge in [0.25, 0.3) is 0 Å². The zero-order valence-corrected chi connectivity index (χ0v) is 25.1. The number of amides is 2. The fraction of sp³-hybridized carbons (Fsp3) is 0.750. The normalized spacial score (nSPS) is 38.1. The molecule has 38 heavy (non-hydrogen) atoms. The van der Waals surface area contributed by atoms with Gasteiger partial charge in [0.05, 0.1) is 5.57 Å². The average Bonchev–Trinajstić information content (AvgIpc) is 2.79. The van der Waals surface area contributed by atoms with Crippen LogP contribution in [0.2, 0.25) is 0 Å². The monoisotopic (exact) mass is 523 g/mol. The number of nitrogens with one attached hydrogen (secondary N) is 1. The van der Waals surface area contributed by atoms with Crippen LogP contribution in [-0.4, -0.2) is 23.1 Å². The molecule has 0 aliphatic heterocycles. The van der Waals surface area contributed by atoms with E-state index in [4.69, 9.17) is 5.73 Å². The predicted octanol–water partition coefficient (Wildman–Crippen LogP) is 6.65. The van der Waals surface area contributed by atoms with Crippen molar-refractivity contribution >= 4 is 17.6 Å². The number of carbonyl (C=O) groups is 3. The number of primary amides is 1. The number of nitrogens with two attached hydrogens (primary N) is 1. The number of urea groups is 1. The highest BCUT2D eigenvalue weighted by molar-refractivity contribution is 6.02. The Morgan fingerprint density at radius 3 is 2.34 bits per heavy atom. The van der Waals surface area contributed by atoms with E-state index in [-0.39, 0.29) is 56.7 Å². The number of ketones is 2. The SMILES string of the molecule is CC(=O)/C=C1/[C@@]2(C)C=C(C#N)C(=O)[C@@H](C)[C@@H]2CC[C@@]1(C)C(C)(C)CC[C@@]1(NC(N)=O)CCC(C)(C)CC1C. The lowest BCUT2D eigenvalue weighted by Gasteiger charge is -2.60. The van der Waals surface area contributed by atoms with Gasteiger partial charge in [-0.25, -0.2) is 4.79 Å². The molecule has 0 heterocycles. The fourth-order valence-corrected chi connectivity index (χ4v) is 8.34. The highest BCUT2D eigenvalue weighted by Crippen LogP contribution is 2.65. The number of Topliss-reactive ketones (excluding diaryl/α,β-unsaturated/α-hetero) is 1. The molecule has 2 fully saturated rings. The molecule has 0 aromatic heterocycles. The number of carbonyl (C=O) groups excluding carboxylic acids is 3. The molecule has 6 atom stereocenters. The Labute approximate surface area is 229 Å². The lowest BCUT2D eigenvalue weighted by Crippen LogP contribution is -2.59. The van der Waals surface area contributed by atoms with Gasteiger partial charge in [-0.05, 0) is 86.0 Å². The Balaban J connectivity index is 2.04. The zero-order valence-electron chi connectivity index (χ0n) is 25.1. The maximum atomic E-state index is 12.9. The summed E-state index contributed by atoms with van der Waals surface area (Å²) in [5, 5.41) is 12.9. The van der Waals surface area contributed by atoms with Crippen molar-refractivity contribution in [2.24, 2.45) is 45.1 Å². The van der Waals surface area contributed by atoms with Crippen LogP contribution >= 0.6 is 0 Å². The molecule has 3 aliphatic rings. The van der Waals surface area contributed by atoms with Crippen molar-refractivity contribution in [1.29, 1.82) is 5.26 Å². The van der Waals surface area contributed by atoms with Crippen LogP contribution in [0.5, 0.6) is 0 Å². The first-order chi connectivity index (χ1) is 17.3. The van der Waals surface area contributed by atoms with Crippen molar-refractivity contribution in [3.8, 4) is 6.07 Å². The van der Waals surface area contributed by atoms with Gasteiger partial charge < -0.3 is 11.1 Å². The molecule has 3 aliphatic carbocycles. The molecule has 6 heteroatoms. The summed E-state index contributed by atoms with van der Waals surface area (Å²) in [6.07, 6.45) is 9.92. The molecule has 0 bridgehead atoms. The second-order valence-electron chi connectivity index (χ2n) is 14.6. The van der Waals surface area contributed by atoms with Crippen molar-refractivity contribution in [3.63, 3.8) is 0 Å². The maximum absolute atomic E-state index is 12.9. The van der Waals surface area contributed by atoms with Gasteiger partial charge in [0.1, 0.15) is 6.07 Å². The van der Waals surface area contributed by atoms with Gasteiger partial charge in [-0.15, -0.1) is 0 Å². The van der Waals surface area contributed by atoms with E-state index in [1.54, 1.807) is 13.0 Å². The molecule has 3 rings (SSSR count). The Bertz CT molecular complexity index is 1110. The summed E-state index contributed by atoms with van der Waals surface area (Å²) in [7, 11) is 0. The Hall–Kier alpha value is -2.42. The molecular weight excluding hydrogens is 474 g/mol. The third kappa shape index (κ3) is 5.10. The summed E-state index contributed by atoms with van der Waals surface area (Å²) in [5.74, 6) is -0.0413. The summed E-state index contributed by atoms with van der Waals surface area (Å²) >= 11 is 0. The topological polar surface area (TPSA) is 113 Å². The van der Waals surface area contributed by atoms with Crippen LogP contribution in [0.1, 0.15) is 107 Å². The first kappa shape index (κ1) is 30.1. The van der Waals surface area contributed by atoms with E-state index in [1.165, 1.54) is 0 Å². The number of rotatable bonds is 6. The van der Waals surface area contributed by atoms with Gasteiger partial charge >= 0.3 is 6.03 Å². The quantitative estimate of drug-likeness (QED) is 0.379. The van der Waals surface area contributed by atoms with E-state index >= 15 is 0 Å². The van der Waals surface area contributed by atoms with E-state index in [1.807, 2.05) is 13.0 Å². The second-order valence-corrected chi connectivity index (χ2v) is 14.6. The van der Waals surface area contributed by atoms with Gasteiger partial charge in [0.15, 0.2) is 11.6 Å². The molecule has 0 aromatic rings. The Morgan fingerprint density at radius 2 is 1.82 bits per heavy atom. The molecule has 2 amide bonds. The van der Waals surface area contributed by atoms with Crippen LogP contribution in [0, 0.1) is 50.7 Å². The maximum Gasteiger partial charge on any atom is 0.312 e. The lowest BCUT2D eigenvalue weighted by molar-refractivity contribution is -0.123. The summed E-state index contributed by atoms with van der Waals surface area (Å²) in [5.41, 5.74) is 5.68.